The van der Waals surface area contributed by atoms with E-state index < -0.39 is 5.60 Å². The summed E-state index contributed by atoms with van der Waals surface area (Å²) in [4.78, 5) is 0. The minimum absolute atomic E-state index is 0.0674. The van der Waals surface area contributed by atoms with E-state index in [1.807, 2.05) is 0 Å². The summed E-state index contributed by atoms with van der Waals surface area (Å²) >= 11 is 0. The third kappa shape index (κ3) is 1.64. The molecule has 1 aromatic carbocycles. The lowest BCUT2D eigenvalue weighted by atomic mass is 9.52. The summed E-state index contributed by atoms with van der Waals surface area (Å²) in [5, 5.41) is 11.7. The van der Waals surface area contributed by atoms with E-state index >= 15 is 0 Å². The van der Waals surface area contributed by atoms with E-state index in [1.165, 1.54) is 17.5 Å². The van der Waals surface area contributed by atoms with Gasteiger partial charge in [0.25, 0.3) is 0 Å². The third-order valence-corrected chi connectivity index (χ3v) is 6.20. The van der Waals surface area contributed by atoms with Crippen molar-refractivity contribution < 1.29 is 5.11 Å². The first-order valence-corrected chi connectivity index (χ1v) is 7.98. The molecule has 1 saturated carbocycles. The fraction of sp³-hybridized carbons (Fsp3) is 0.667. The first-order valence-electron chi connectivity index (χ1n) is 7.98. The second-order valence-corrected chi connectivity index (χ2v) is 7.39. The van der Waals surface area contributed by atoms with Crippen molar-refractivity contribution in [3.05, 3.63) is 35.4 Å². The molecule has 2 aliphatic carbocycles. The van der Waals surface area contributed by atoms with Crippen LogP contribution in [0.2, 0.25) is 0 Å². The highest BCUT2D eigenvalue weighted by Crippen LogP contribution is 2.57. The molecule has 0 spiro atoms. The van der Waals surface area contributed by atoms with Gasteiger partial charge in [0.05, 0.1) is 5.60 Å². The highest BCUT2D eigenvalue weighted by atomic mass is 16.3. The molecule has 0 amide bonds. The van der Waals surface area contributed by atoms with Gasteiger partial charge in [0, 0.05) is 12.0 Å². The largest absolute Gasteiger partial charge is 0.388 e. The van der Waals surface area contributed by atoms with Gasteiger partial charge in [-0.2, -0.15) is 0 Å². The molecule has 0 saturated heterocycles. The Labute approximate surface area is 122 Å². The van der Waals surface area contributed by atoms with Crippen molar-refractivity contribution in [3.63, 3.8) is 0 Å². The molecule has 0 radical (unpaired) electrons. The van der Waals surface area contributed by atoms with E-state index in [4.69, 9.17) is 5.73 Å². The lowest BCUT2D eigenvalue weighted by molar-refractivity contribution is -0.150. The Morgan fingerprint density at radius 3 is 2.50 bits per heavy atom. The molecule has 1 fully saturated rings. The van der Waals surface area contributed by atoms with Gasteiger partial charge in [-0.3, -0.25) is 0 Å². The standard InChI is InChI=1S/C18H27NO/c1-16(2)10-5-6-11-18(16,20)17(13-19)12-9-14-7-3-4-8-15(14)17/h3-4,7-8,20H,5-6,9-13,19H2,1-2H3. The molecule has 20 heavy (non-hydrogen) atoms. The molecule has 110 valence electrons. The summed E-state index contributed by atoms with van der Waals surface area (Å²) in [6.45, 7) is 5.00. The van der Waals surface area contributed by atoms with E-state index in [1.54, 1.807) is 0 Å². The van der Waals surface area contributed by atoms with E-state index in [2.05, 4.69) is 38.1 Å². The summed E-state index contributed by atoms with van der Waals surface area (Å²) in [6.07, 6.45) is 6.34. The Bertz CT molecular complexity index is 510. The van der Waals surface area contributed by atoms with Gasteiger partial charge in [-0.15, -0.1) is 0 Å². The summed E-state index contributed by atoms with van der Waals surface area (Å²) in [5.74, 6) is 0. The molecule has 0 heterocycles. The lowest BCUT2D eigenvalue weighted by Gasteiger charge is -2.56. The van der Waals surface area contributed by atoms with Crippen LogP contribution in [0.15, 0.2) is 24.3 Å². The van der Waals surface area contributed by atoms with Gasteiger partial charge in [-0.05, 0) is 42.2 Å². The Morgan fingerprint density at radius 1 is 1.10 bits per heavy atom. The first kappa shape index (κ1) is 14.1. The number of hydrogen-bond donors (Lipinski definition) is 2. The topological polar surface area (TPSA) is 46.2 Å². The molecule has 2 atom stereocenters. The Hall–Kier alpha value is -0.860. The molecular formula is C18H27NO. The maximum absolute atomic E-state index is 11.7. The molecule has 2 heteroatoms. The van der Waals surface area contributed by atoms with Crippen LogP contribution >= 0.6 is 0 Å². The van der Waals surface area contributed by atoms with Gasteiger partial charge >= 0.3 is 0 Å². The molecule has 0 aliphatic heterocycles. The van der Waals surface area contributed by atoms with E-state index in [0.29, 0.717) is 6.54 Å². The van der Waals surface area contributed by atoms with Crippen LogP contribution in [-0.4, -0.2) is 17.3 Å². The van der Waals surface area contributed by atoms with Crippen LogP contribution in [0.1, 0.15) is 57.1 Å². The molecule has 2 nitrogen and oxygen atoms in total. The van der Waals surface area contributed by atoms with Crippen LogP contribution in [-0.2, 0) is 11.8 Å². The van der Waals surface area contributed by atoms with E-state index in [9.17, 15) is 5.11 Å². The van der Waals surface area contributed by atoms with Crippen molar-refractivity contribution in [2.75, 3.05) is 6.54 Å². The Kier molecular flexibility index (Phi) is 3.22. The summed E-state index contributed by atoms with van der Waals surface area (Å²) < 4.78 is 0. The lowest BCUT2D eigenvalue weighted by Crippen LogP contribution is -2.63. The van der Waals surface area contributed by atoms with Gasteiger partial charge in [0.1, 0.15) is 0 Å². The highest BCUT2D eigenvalue weighted by molar-refractivity contribution is 5.43. The second-order valence-electron chi connectivity index (χ2n) is 7.39. The first-order chi connectivity index (χ1) is 9.47. The van der Waals surface area contributed by atoms with Crippen molar-refractivity contribution >= 4 is 0 Å². The minimum Gasteiger partial charge on any atom is -0.388 e. The maximum atomic E-state index is 11.7. The normalized spacial score (nSPS) is 35.8. The van der Waals surface area contributed by atoms with Gasteiger partial charge in [0.15, 0.2) is 0 Å². The van der Waals surface area contributed by atoms with Crippen molar-refractivity contribution in [1.29, 1.82) is 0 Å². The van der Waals surface area contributed by atoms with Crippen LogP contribution in [0.3, 0.4) is 0 Å². The van der Waals surface area contributed by atoms with Crippen LogP contribution in [0, 0.1) is 5.41 Å². The van der Waals surface area contributed by atoms with Crippen molar-refractivity contribution in [1.82, 2.24) is 0 Å². The highest BCUT2D eigenvalue weighted by Gasteiger charge is 2.60. The van der Waals surface area contributed by atoms with Gasteiger partial charge in [0.2, 0.25) is 0 Å². The minimum atomic E-state index is -0.681. The monoisotopic (exact) mass is 273 g/mol. The molecule has 0 bridgehead atoms. The van der Waals surface area contributed by atoms with Gasteiger partial charge < -0.3 is 10.8 Å². The molecule has 2 unspecified atom stereocenters. The van der Waals surface area contributed by atoms with Crippen molar-refractivity contribution in [2.45, 2.75) is 63.4 Å². The van der Waals surface area contributed by atoms with Crippen LogP contribution in [0.4, 0.5) is 0 Å². The fourth-order valence-corrected chi connectivity index (χ4v) is 4.88. The quantitative estimate of drug-likeness (QED) is 0.869. The number of aryl methyl sites for hydroxylation is 1. The second kappa shape index (κ2) is 4.57. The average Bonchev–Trinajstić information content (AvgIpc) is 2.82. The maximum Gasteiger partial charge on any atom is 0.0806 e. The zero-order valence-electron chi connectivity index (χ0n) is 12.8. The predicted octanol–water partition coefficient (Wildman–Crippen LogP) is 3.16. The van der Waals surface area contributed by atoms with Crippen LogP contribution in [0.5, 0.6) is 0 Å². The molecule has 3 rings (SSSR count). The van der Waals surface area contributed by atoms with Crippen molar-refractivity contribution in [2.24, 2.45) is 11.1 Å². The number of aliphatic hydroxyl groups is 1. The van der Waals surface area contributed by atoms with Crippen molar-refractivity contribution in [3.8, 4) is 0 Å². The van der Waals surface area contributed by atoms with E-state index in [-0.39, 0.29) is 10.8 Å². The molecular weight excluding hydrogens is 246 g/mol. The van der Waals surface area contributed by atoms with Crippen LogP contribution in [0.25, 0.3) is 0 Å². The SMILES string of the molecule is CC1(C)CCCCC1(O)C1(CN)CCc2ccccc21. The number of nitrogens with two attached hydrogens (primary N) is 1. The Morgan fingerprint density at radius 2 is 1.80 bits per heavy atom. The zero-order chi connectivity index (χ0) is 14.4. The molecule has 2 aliphatic rings. The third-order valence-electron chi connectivity index (χ3n) is 6.20. The van der Waals surface area contributed by atoms with Gasteiger partial charge in [-0.1, -0.05) is 51.0 Å². The number of rotatable bonds is 2. The molecule has 3 N–H and O–H groups in total. The summed E-state index contributed by atoms with van der Waals surface area (Å²) in [6, 6.07) is 8.58. The number of fused-ring (bicyclic) bond motifs is 1. The average molecular weight is 273 g/mol. The zero-order valence-corrected chi connectivity index (χ0v) is 12.8. The summed E-state index contributed by atoms with van der Waals surface area (Å²) in [5.41, 5.74) is 7.94. The smallest absolute Gasteiger partial charge is 0.0806 e. The molecule has 0 aromatic heterocycles. The summed E-state index contributed by atoms with van der Waals surface area (Å²) in [7, 11) is 0. The van der Waals surface area contributed by atoms with E-state index in [0.717, 1.165) is 32.1 Å². The Balaban J connectivity index is 2.15. The van der Waals surface area contributed by atoms with Crippen LogP contribution < -0.4 is 5.73 Å². The molecule has 1 aromatic rings. The number of benzene rings is 1. The number of hydrogen-bond acceptors (Lipinski definition) is 2. The fourth-order valence-electron chi connectivity index (χ4n) is 4.88. The van der Waals surface area contributed by atoms with Gasteiger partial charge in [-0.25, -0.2) is 0 Å². The predicted molar refractivity (Wildman–Crippen MR) is 82.7 cm³/mol.